The number of hydrogen-bond donors (Lipinski definition) is 1. The second-order valence-electron chi connectivity index (χ2n) is 5.41. The molecule has 2 heterocycles. The van der Waals surface area contributed by atoms with Crippen LogP contribution in [0.15, 0.2) is 34.2 Å². The molecule has 1 aromatic carbocycles. The number of aliphatic imine (C=N–C) groups is 1. The summed E-state index contributed by atoms with van der Waals surface area (Å²) in [5.74, 6) is -0.539. The van der Waals surface area contributed by atoms with Gasteiger partial charge < -0.3 is 10.0 Å². The molecule has 1 saturated heterocycles. The van der Waals surface area contributed by atoms with E-state index in [0.29, 0.717) is 11.4 Å². The maximum Gasteiger partial charge on any atom is 0.286 e. The van der Waals surface area contributed by atoms with Crippen LogP contribution in [0.25, 0.3) is 6.08 Å². The molecule has 1 N–H and O–H groups in total. The number of amides is 1. The van der Waals surface area contributed by atoms with E-state index >= 15 is 0 Å². The number of rotatable bonds is 3. The first-order valence-corrected chi connectivity index (χ1v) is 8.33. The number of benzene rings is 1. The standard InChI is InChI=1S/C16H18FN3O2S/c17-13-3-1-12(2-4-13)11-14-15(22)18-16(23-14)20-7-5-19(6-8-20)9-10-21/h1-4,11,21H,5-10H2/b14-11-. The molecule has 5 nitrogen and oxygen atoms in total. The molecule has 0 saturated carbocycles. The molecule has 0 radical (unpaired) electrons. The molecule has 122 valence electrons. The number of halogens is 1. The highest BCUT2D eigenvalue weighted by molar-refractivity contribution is 8.18. The molecule has 1 aromatic rings. The van der Waals surface area contributed by atoms with Crippen LogP contribution in [-0.4, -0.2) is 65.3 Å². The molecule has 0 aliphatic carbocycles. The highest BCUT2D eigenvalue weighted by atomic mass is 32.2. The van der Waals surface area contributed by atoms with Crippen LogP contribution in [-0.2, 0) is 4.79 Å². The highest BCUT2D eigenvalue weighted by Crippen LogP contribution is 2.30. The van der Waals surface area contributed by atoms with E-state index in [1.807, 2.05) is 0 Å². The van der Waals surface area contributed by atoms with Crippen LogP contribution in [0.5, 0.6) is 0 Å². The Morgan fingerprint density at radius 2 is 1.91 bits per heavy atom. The first-order chi connectivity index (χ1) is 11.2. The molecular weight excluding hydrogens is 317 g/mol. The SMILES string of the molecule is O=C1N=C(N2CCN(CCO)CC2)S/C1=C\c1ccc(F)cc1. The highest BCUT2D eigenvalue weighted by Gasteiger charge is 2.28. The maximum absolute atomic E-state index is 12.9. The molecule has 23 heavy (non-hydrogen) atoms. The summed E-state index contributed by atoms with van der Waals surface area (Å²) >= 11 is 1.36. The van der Waals surface area contributed by atoms with E-state index in [0.717, 1.165) is 36.9 Å². The van der Waals surface area contributed by atoms with Gasteiger partial charge >= 0.3 is 0 Å². The molecule has 3 rings (SSSR count). The van der Waals surface area contributed by atoms with Gasteiger partial charge in [-0.1, -0.05) is 12.1 Å². The van der Waals surface area contributed by atoms with E-state index in [1.54, 1.807) is 18.2 Å². The van der Waals surface area contributed by atoms with Gasteiger partial charge in [0.25, 0.3) is 5.91 Å². The quantitative estimate of drug-likeness (QED) is 0.847. The lowest BCUT2D eigenvalue weighted by Crippen LogP contribution is -2.48. The Morgan fingerprint density at radius 3 is 2.57 bits per heavy atom. The average molecular weight is 335 g/mol. The summed E-state index contributed by atoms with van der Waals surface area (Å²) in [6.07, 6.45) is 1.74. The third-order valence-corrected chi connectivity index (χ3v) is 4.88. The third-order valence-electron chi connectivity index (χ3n) is 3.84. The molecule has 7 heteroatoms. The van der Waals surface area contributed by atoms with Crippen molar-refractivity contribution in [1.29, 1.82) is 0 Å². The van der Waals surface area contributed by atoms with Crippen molar-refractivity contribution in [1.82, 2.24) is 9.80 Å². The summed E-state index contributed by atoms with van der Waals surface area (Å²) in [6.45, 7) is 4.14. The van der Waals surface area contributed by atoms with Gasteiger partial charge in [0.15, 0.2) is 5.17 Å². The van der Waals surface area contributed by atoms with Gasteiger partial charge in [-0.2, -0.15) is 4.99 Å². The van der Waals surface area contributed by atoms with Crippen molar-refractivity contribution in [3.8, 4) is 0 Å². The van der Waals surface area contributed by atoms with Crippen LogP contribution < -0.4 is 0 Å². The summed E-state index contributed by atoms with van der Waals surface area (Å²) < 4.78 is 12.9. The van der Waals surface area contributed by atoms with Crippen LogP contribution in [0.1, 0.15) is 5.56 Å². The third kappa shape index (κ3) is 3.99. The van der Waals surface area contributed by atoms with Gasteiger partial charge in [-0.05, 0) is 35.5 Å². The largest absolute Gasteiger partial charge is 0.395 e. The molecule has 0 unspecified atom stereocenters. The Balaban J connectivity index is 1.63. The first kappa shape index (κ1) is 16.2. The van der Waals surface area contributed by atoms with Crippen molar-refractivity contribution in [2.24, 2.45) is 4.99 Å². The predicted octanol–water partition coefficient (Wildman–Crippen LogP) is 1.41. The molecule has 0 aromatic heterocycles. The van der Waals surface area contributed by atoms with E-state index in [9.17, 15) is 9.18 Å². The first-order valence-electron chi connectivity index (χ1n) is 7.52. The van der Waals surface area contributed by atoms with E-state index in [1.165, 1.54) is 23.9 Å². The molecule has 2 aliphatic rings. The maximum atomic E-state index is 12.9. The van der Waals surface area contributed by atoms with Gasteiger partial charge in [0, 0.05) is 32.7 Å². The Bertz CT molecular complexity index is 637. The monoisotopic (exact) mass is 335 g/mol. The Labute approximate surface area is 138 Å². The topological polar surface area (TPSA) is 56.1 Å². The predicted molar refractivity (Wildman–Crippen MR) is 89.5 cm³/mol. The van der Waals surface area contributed by atoms with Crippen molar-refractivity contribution < 1.29 is 14.3 Å². The molecule has 1 fully saturated rings. The molecule has 0 atom stereocenters. The van der Waals surface area contributed by atoms with Gasteiger partial charge in [-0.15, -0.1) is 0 Å². The number of hydrogen-bond acceptors (Lipinski definition) is 5. The molecule has 2 aliphatic heterocycles. The van der Waals surface area contributed by atoms with Gasteiger partial charge in [0.2, 0.25) is 0 Å². The number of amidine groups is 1. The van der Waals surface area contributed by atoms with Crippen molar-refractivity contribution in [2.45, 2.75) is 0 Å². The van der Waals surface area contributed by atoms with Crippen molar-refractivity contribution in [3.05, 3.63) is 40.6 Å². The van der Waals surface area contributed by atoms with Crippen LogP contribution in [0.4, 0.5) is 4.39 Å². The summed E-state index contributed by atoms with van der Waals surface area (Å²) in [5.41, 5.74) is 0.784. The minimum absolute atomic E-state index is 0.165. The van der Waals surface area contributed by atoms with Gasteiger partial charge in [0.05, 0.1) is 11.5 Å². The summed E-state index contributed by atoms with van der Waals surface area (Å²) in [7, 11) is 0. The number of carbonyl (C=O) groups excluding carboxylic acids is 1. The van der Waals surface area contributed by atoms with Crippen LogP contribution >= 0.6 is 11.8 Å². The number of piperazine rings is 1. The molecule has 0 spiro atoms. The van der Waals surface area contributed by atoms with Gasteiger partial charge in [-0.3, -0.25) is 9.69 Å². The summed E-state index contributed by atoms with van der Waals surface area (Å²) in [4.78, 5) is 21.0. The number of carbonyl (C=O) groups is 1. The van der Waals surface area contributed by atoms with E-state index in [2.05, 4.69) is 14.8 Å². The zero-order chi connectivity index (χ0) is 16.2. The number of β-amino-alcohol motifs (C(OH)–C–C–N with tert-alkyl or cyclic N) is 1. The fraction of sp³-hybridized carbons (Fsp3) is 0.375. The van der Waals surface area contributed by atoms with E-state index in [4.69, 9.17) is 5.11 Å². The van der Waals surface area contributed by atoms with Crippen molar-refractivity contribution in [2.75, 3.05) is 39.3 Å². The van der Waals surface area contributed by atoms with Crippen molar-refractivity contribution in [3.63, 3.8) is 0 Å². The minimum atomic E-state index is -0.296. The van der Waals surface area contributed by atoms with E-state index in [-0.39, 0.29) is 18.3 Å². The Morgan fingerprint density at radius 1 is 1.22 bits per heavy atom. The lowest BCUT2D eigenvalue weighted by atomic mass is 10.2. The second kappa shape index (κ2) is 7.25. The second-order valence-corrected chi connectivity index (χ2v) is 6.42. The number of thioether (sulfide) groups is 1. The Kier molecular flexibility index (Phi) is 5.09. The zero-order valence-corrected chi connectivity index (χ0v) is 13.4. The van der Waals surface area contributed by atoms with Gasteiger partial charge in [-0.25, -0.2) is 4.39 Å². The van der Waals surface area contributed by atoms with Crippen LogP contribution in [0.2, 0.25) is 0 Å². The summed E-state index contributed by atoms with van der Waals surface area (Å²) in [5, 5.41) is 9.69. The normalized spacial score (nSPS) is 21.1. The van der Waals surface area contributed by atoms with Gasteiger partial charge in [0.1, 0.15) is 5.82 Å². The fourth-order valence-corrected chi connectivity index (χ4v) is 3.51. The minimum Gasteiger partial charge on any atom is -0.395 e. The summed E-state index contributed by atoms with van der Waals surface area (Å²) in [6, 6.07) is 6.03. The fourth-order valence-electron chi connectivity index (χ4n) is 2.55. The zero-order valence-electron chi connectivity index (χ0n) is 12.6. The number of nitrogens with zero attached hydrogens (tertiary/aromatic N) is 3. The number of aliphatic hydroxyl groups is 1. The average Bonchev–Trinajstić information content (AvgIpc) is 2.92. The molecule has 1 amide bonds. The smallest absolute Gasteiger partial charge is 0.286 e. The molecular formula is C16H18FN3O2S. The Hall–Kier alpha value is -1.70. The van der Waals surface area contributed by atoms with Crippen molar-refractivity contribution >= 4 is 28.9 Å². The molecule has 0 bridgehead atoms. The van der Waals surface area contributed by atoms with Crippen LogP contribution in [0, 0.1) is 5.82 Å². The van der Waals surface area contributed by atoms with E-state index < -0.39 is 0 Å². The number of aliphatic hydroxyl groups excluding tert-OH is 1. The lowest BCUT2D eigenvalue weighted by Gasteiger charge is -2.34. The van der Waals surface area contributed by atoms with Crippen LogP contribution in [0.3, 0.4) is 0 Å². The lowest BCUT2D eigenvalue weighted by molar-refractivity contribution is -0.113.